The van der Waals surface area contributed by atoms with Crippen molar-refractivity contribution in [1.29, 1.82) is 0 Å². The van der Waals surface area contributed by atoms with Crippen molar-refractivity contribution < 1.29 is 4.52 Å². The van der Waals surface area contributed by atoms with Gasteiger partial charge in [0.2, 0.25) is 0 Å². The van der Waals surface area contributed by atoms with Crippen molar-refractivity contribution in [3.63, 3.8) is 0 Å². The fourth-order valence-corrected chi connectivity index (χ4v) is 3.43. The predicted octanol–water partition coefficient (Wildman–Crippen LogP) is 3.00. The van der Waals surface area contributed by atoms with Crippen LogP contribution in [-0.2, 0) is 12.0 Å². The van der Waals surface area contributed by atoms with E-state index in [0.717, 1.165) is 55.9 Å². The Bertz CT molecular complexity index is 734. The van der Waals surface area contributed by atoms with Gasteiger partial charge in [0.1, 0.15) is 6.26 Å². The third-order valence-electron chi connectivity index (χ3n) is 5.07. The van der Waals surface area contributed by atoms with Crippen molar-refractivity contribution in [2.24, 2.45) is 4.99 Å². The standard InChI is InChI=1S/C20H28ClN5O/c1-20(2,16-4-6-17(21)7-5-16)15-23-19(22-3)26-11-9-25(10-12-26)14-18-8-13-27-24-18/h4-8,13H,9-12,14-15H2,1-3H3,(H,22,23). The minimum atomic E-state index is -0.0185. The third-order valence-corrected chi connectivity index (χ3v) is 5.33. The lowest BCUT2D eigenvalue weighted by molar-refractivity contribution is 0.168. The number of nitrogens with zero attached hydrogens (tertiary/aromatic N) is 4. The second kappa shape index (κ2) is 8.76. The average Bonchev–Trinajstić information content (AvgIpc) is 3.17. The molecule has 1 N–H and O–H groups in total. The molecule has 1 aromatic heterocycles. The maximum Gasteiger partial charge on any atom is 0.193 e. The first-order chi connectivity index (χ1) is 13.0. The molecule has 0 unspecified atom stereocenters. The van der Waals surface area contributed by atoms with E-state index in [1.165, 1.54) is 5.56 Å². The van der Waals surface area contributed by atoms with Crippen LogP contribution in [0.3, 0.4) is 0 Å². The summed E-state index contributed by atoms with van der Waals surface area (Å²) in [5.41, 5.74) is 2.22. The lowest BCUT2D eigenvalue weighted by Gasteiger charge is -2.37. The Kier molecular flexibility index (Phi) is 6.39. The lowest BCUT2D eigenvalue weighted by atomic mass is 9.84. The molecule has 1 aliphatic heterocycles. The molecule has 0 aliphatic carbocycles. The zero-order valence-electron chi connectivity index (χ0n) is 16.3. The highest BCUT2D eigenvalue weighted by molar-refractivity contribution is 6.30. The van der Waals surface area contributed by atoms with E-state index in [0.29, 0.717) is 0 Å². The monoisotopic (exact) mass is 389 g/mol. The largest absolute Gasteiger partial charge is 0.364 e. The molecule has 1 aromatic carbocycles. The Balaban J connectivity index is 1.51. The van der Waals surface area contributed by atoms with E-state index < -0.39 is 0 Å². The molecule has 1 aliphatic rings. The molecule has 0 spiro atoms. The van der Waals surface area contributed by atoms with Crippen LogP contribution >= 0.6 is 11.6 Å². The average molecular weight is 390 g/mol. The Morgan fingerprint density at radius 3 is 2.48 bits per heavy atom. The van der Waals surface area contributed by atoms with E-state index in [1.807, 2.05) is 25.2 Å². The van der Waals surface area contributed by atoms with Gasteiger partial charge < -0.3 is 14.7 Å². The van der Waals surface area contributed by atoms with Gasteiger partial charge in [-0.2, -0.15) is 0 Å². The molecule has 0 bridgehead atoms. The second-order valence-electron chi connectivity index (χ2n) is 7.55. The summed E-state index contributed by atoms with van der Waals surface area (Å²) in [7, 11) is 1.85. The summed E-state index contributed by atoms with van der Waals surface area (Å²) in [6.45, 7) is 9.94. The number of aliphatic imine (C=N–C) groups is 1. The van der Waals surface area contributed by atoms with Gasteiger partial charge in [-0.15, -0.1) is 0 Å². The van der Waals surface area contributed by atoms with Crippen LogP contribution in [0.4, 0.5) is 0 Å². The number of hydrogen-bond acceptors (Lipinski definition) is 4. The van der Waals surface area contributed by atoms with E-state index in [9.17, 15) is 0 Å². The van der Waals surface area contributed by atoms with Crippen molar-refractivity contribution >= 4 is 17.6 Å². The molecule has 1 saturated heterocycles. The van der Waals surface area contributed by atoms with Gasteiger partial charge in [0.15, 0.2) is 5.96 Å². The quantitative estimate of drug-likeness (QED) is 0.629. The van der Waals surface area contributed by atoms with E-state index >= 15 is 0 Å². The maximum atomic E-state index is 6.02. The minimum absolute atomic E-state index is 0.0185. The first-order valence-electron chi connectivity index (χ1n) is 9.31. The van der Waals surface area contributed by atoms with Crippen LogP contribution in [0, 0.1) is 0 Å². The van der Waals surface area contributed by atoms with E-state index in [4.69, 9.17) is 16.1 Å². The van der Waals surface area contributed by atoms with Gasteiger partial charge in [0.05, 0.1) is 5.69 Å². The number of aromatic nitrogens is 1. The van der Waals surface area contributed by atoms with Crippen LogP contribution in [0.15, 0.2) is 46.1 Å². The molecule has 1 fully saturated rings. The van der Waals surface area contributed by atoms with E-state index in [-0.39, 0.29) is 5.41 Å². The number of halogens is 1. The van der Waals surface area contributed by atoms with Gasteiger partial charge in [-0.1, -0.05) is 42.7 Å². The molecule has 27 heavy (non-hydrogen) atoms. The molecule has 3 rings (SSSR count). The van der Waals surface area contributed by atoms with Gasteiger partial charge in [-0.25, -0.2) is 0 Å². The molecule has 0 atom stereocenters. The topological polar surface area (TPSA) is 56.9 Å². The molecule has 146 valence electrons. The van der Waals surface area contributed by atoms with E-state index in [2.05, 4.69) is 51.2 Å². The molecular weight excluding hydrogens is 362 g/mol. The van der Waals surface area contributed by atoms with Crippen LogP contribution in [0.2, 0.25) is 5.02 Å². The van der Waals surface area contributed by atoms with E-state index in [1.54, 1.807) is 6.26 Å². The summed E-state index contributed by atoms with van der Waals surface area (Å²) in [5, 5.41) is 8.31. The number of nitrogens with one attached hydrogen (secondary N) is 1. The Hall–Kier alpha value is -2.05. The second-order valence-corrected chi connectivity index (χ2v) is 7.98. The molecule has 0 radical (unpaired) electrons. The lowest BCUT2D eigenvalue weighted by Crippen LogP contribution is -2.53. The van der Waals surface area contributed by atoms with Gasteiger partial charge in [0.25, 0.3) is 0 Å². The van der Waals surface area contributed by atoms with Crippen LogP contribution in [0.5, 0.6) is 0 Å². The normalized spacial score (nSPS) is 16.6. The first-order valence-corrected chi connectivity index (χ1v) is 9.69. The first kappa shape index (κ1) is 19.7. The molecule has 0 saturated carbocycles. The Labute approximate surface area is 166 Å². The molecule has 2 aromatic rings. The summed E-state index contributed by atoms with van der Waals surface area (Å²) in [5.74, 6) is 0.957. The van der Waals surface area contributed by atoms with Crippen molar-refractivity contribution in [3.05, 3.63) is 52.9 Å². The fourth-order valence-electron chi connectivity index (χ4n) is 3.30. The number of rotatable bonds is 5. The zero-order chi connectivity index (χ0) is 19.3. The van der Waals surface area contributed by atoms with Gasteiger partial charge in [-0.05, 0) is 17.7 Å². The maximum absolute atomic E-state index is 6.02. The molecule has 2 heterocycles. The summed E-state index contributed by atoms with van der Waals surface area (Å²) >= 11 is 6.02. The predicted molar refractivity (Wildman–Crippen MR) is 109 cm³/mol. The summed E-state index contributed by atoms with van der Waals surface area (Å²) in [6.07, 6.45) is 1.62. The van der Waals surface area contributed by atoms with Crippen molar-refractivity contribution in [2.45, 2.75) is 25.8 Å². The highest BCUT2D eigenvalue weighted by atomic mass is 35.5. The number of benzene rings is 1. The minimum Gasteiger partial charge on any atom is -0.364 e. The van der Waals surface area contributed by atoms with Crippen molar-refractivity contribution in [1.82, 2.24) is 20.3 Å². The summed E-state index contributed by atoms with van der Waals surface area (Å²) in [6, 6.07) is 10.00. The SMILES string of the molecule is CN=C(NCC(C)(C)c1ccc(Cl)cc1)N1CCN(Cc2ccon2)CC1. The molecule has 0 amide bonds. The number of guanidine groups is 1. The van der Waals surface area contributed by atoms with Crippen molar-refractivity contribution in [2.75, 3.05) is 39.8 Å². The summed E-state index contributed by atoms with van der Waals surface area (Å²) < 4.78 is 4.92. The molecular formula is C20H28ClN5O. The number of piperazine rings is 1. The van der Waals surface area contributed by atoms with Crippen LogP contribution < -0.4 is 5.32 Å². The zero-order valence-corrected chi connectivity index (χ0v) is 17.0. The highest BCUT2D eigenvalue weighted by Gasteiger charge is 2.24. The molecule has 6 nitrogen and oxygen atoms in total. The van der Waals surface area contributed by atoms with Gasteiger partial charge in [-0.3, -0.25) is 9.89 Å². The van der Waals surface area contributed by atoms with Crippen molar-refractivity contribution in [3.8, 4) is 0 Å². The van der Waals surface area contributed by atoms with Crippen LogP contribution in [0.1, 0.15) is 25.1 Å². The smallest absolute Gasteiger partial charge is 0.193 e. The molecule has 7 heteroatoms. The Morgan fingerprint density at radius 2 is 1.89 bits per heavy atom. The summed E-state index contributed by atoms with van der Waals surface area (Å²) in [4.78, 5) is 9.19. The number of hydrogen-bond donors (Lipinski definition) is 1. The highest BCUT2D eigenvalue weighted by Crippen LogP contribution is 2.24. The van der Waals surface area contributed by atoms with Crippen LogP contribution in [0.25, 0.3) is 0 Å². The van der Waals surface area contributed by atoms with Gasteiger partial charge >= 0.3 is 0 Å². The van der Waals surface area contributed by atoms with Gasteiger partial charge in [0, 0.05) is 62.8 Å². The van der Waals surface area contributed by atoms with Crippen LogP contribution in [-0.4, -0.2) is 60.7 Å². The third kappa shape index (κ3) is 5.23. The Morgan fingerprint density at radius 1 is 1.19 bits per heavy atom. The fraction of sp³-hybridized carbons (Fsp3) is 0.500.